The van der Waals surface area contributed by atoms with Crippen molar-refractivity contribution in [2.75, 3.05) is 12.0 Å². The Bertz CT molecular complexity index is 1390. The zero-order valence-corrected chi connectivity index (χ0v) is 22.9. The molecule has 5 rings (SSSR count). The van der Waals surface area contributed by atoms with Crippen LogP contribution in [0.15, 0.2) is 46.9 Å². The second kappa shape index (κ2) is 9.66. The van der Waals surface area contributed by atoms with Gasteiger partial charge in [0, 0.05) is 27.6 Å². The van der Waals surface area contributed by atoms with E-state index in [1.807, 2.05) is 17.0 Å². The molecule has 0 amide bonds. The SMILES string of the molecule is COC(=O)c1c(N2C(N)=C(C#N)[C@H](c3ccc(Cl)cc3)C3=C2CC(C)(C)CC3=O)sc2c1CCCCC2. The molecule has 3 aliphatic rings. The van der Waals surface area contributed by atoms with Crippen LogP contribution in [0.2, 0.25) is 5.02 Å². The Morgan fingerprint density at radius 3 is 2.57 bits per heavy atom. The van der Waals surface area contributed by atoms with E-state index in [0.717, 1.165) is 53.8 Å². The van der Waals surface area contributed by atoms with Gasteiger partial charge in [0.15, 0.2) is 5.78 Å². The lowest BCUT2D eigenvalue weighted by Gasteiger charge is -2.43. The molecule has 0 bridgehead atoms. The number of hydrogen-bond acceptors (Lipinski definition) is 7. The van der Waals surface area contributed by atoms with Crippen LogP contribution in [0.4, 0.5) is 5.00 Å². The second-order valence-corrected chi connectivity index (χ2v) is 12.3. The van der Waals surface area contributed by atoms with Crippen molar-refractivity contribution in [3.05, 3.63) is 73.5 Å². The zero-order valence-electron chi connectivity index (χ0n) is 21.3. The quantitative estimate of drug-likeness (QED) is 0.361. The number of carbonyl (C=O) groups is 2. The first-order valence-electron chi connectivity index (χ1n) is 12.6. The van der Waals surface area contributed by atoms with Crippen molar-refractivity contribution in [2.24, 2.45) is 11.1 Å². The van der Waals surface area contributed by atoms with Crippen LogP contribution in [-0.4, -0.2) is 18.9 Å². The molecule has 1 aromatic heterocycles. The third-order valence-corrected chi connectivity index (χ3v) is 9.11. The average Bonchev–Trinajstić information content (AvgIpc) is 3.04. The van der Waals surface area contributed by atoms with Crippen LogP contribution in [0, 0.1) is 16.7 Å². The molecule has 8 heteroatoms. The number of nitrogens with zero attached hydrogens (tertiary/aromatic N) is 2. The van der Waals surface area contributed by atoms with Crippen molar-refractivity contribution in [3.8, 4) is 6.07 Å². The highest BCUT2D eigenvalue weighted by Gasteiger charge is 2.46. The molecule has 0 radical (unpaired) electrons. The Kier molecular flexibility index (Phi) is 6.68. The molecule has 0 saturated carbocycles. The molecule has 37 heavy (non-hydrogen) atoms. The van der Waals surface area contributed by atoms with Gasteiger partial charge in [0.2, 0.25) is 0 Å². The van der Waals surface area contributed by atoms with E-state index in [2.05, 4.69) is 19.9 Å². The van der Waals surface area contributed by atoms with Gasteiger partial charge in [0.05, 0.1) is 30.2 Å². The molecule has 0 saturated heterocycles. The van der Waals surface area contributed by atoms with Crippen molar-refractivity contribution in [1.82, 2.24) is 0 Å². The Balaban J connectivity index is 1.80. The third-order valence-electron chi connectivity index (χ3n) is 7.58. The van der Waals surface area contributed by atoms with Crippen LogP contribution >= 0.6 is 22.9 Å². The largest absolute Gasteiger partial charge is 0.465 e. The fourth-order valence-corrected chi connectivity index (χ4v) is 7.47. The first-order valence-corrected chi connectivity index (χ1v) is 13.8. The normalized spacial score (nSPS) is 21.2. The number of esters is 1. The van der Waals surface area contributed by atoms with Gasteiger partial charge in [0.25, 0.3) is 0 Å². The number of Topliss-reactive ketones (excluding diaryl/α,β-unsaturated/α-hetero) is 1. The molecule has 0 unspecified atom stereocenters. The van der Waals surface area contributed by atoms with Gasteiger partial charge in [-0.05, 0) is 60.8 Å². The number of nitriles is 1. The van der Waals surface area contributed by atoms with E-state index in [0.29, 0.717) is 39.6 Å². The highest BCUT2D eigenvalue weighted by atomic mass is 35.5. The summed E-state index contributed by atoms with van der Waals surface area (Å²) in [5, 5.41) is 11.6. The molecule has 6 nitrogen and oxygen atoms in total. The highest BCUT2D eigenvalue weighted by molar-refractivity contribution is 7.16. The number of hydrogen-bond donors (Lipinski definition) is 1. The number of benzene rings is 1. The number of thiophene rings is 1. The van der Waals surface area contributed by atoms with Gasteiger partial charge in [-0.1, -0.05) is 44.0 Å². The maximum Gasteiger partial charge on any atom is 0.341 e. The number of anilines is 1. The number of halogens is 1. The van der Waals surface area contributed by atoms with Crippen LogP contribution in [0.3, 0.4) is 0 Å². The van der Waals surface area contributed by atoms with E-state index in [1.54, 1.807) is 12.1 Å². The number of allylic oxidation sites excluding steroid dienone is 3. The van der Waals surface area contributed by atoms with Gasteiger partial charge in [-0.25, -0.2) is 4.79 Å². The summed E-state index contributed by atoms with van der Waals surface area (Å²) in [5.74, 6) is -0.747. The van der Waals surface area contributed by atoms with Crippen molar-refractivity contribution in [2.45, 2.75) is 64.7 Å². The lowest BCUT2D eigenvalue weighted by Crippen LogP contribution is -2.42. The second-order valence-electron chi connectivity index (χ2n) is 10.8. The van der Waals surface area contributed by atoms with Gasteiger partial charge < -0.3 is 10.5 Å². The summed E-state index contributed by atoms with van der Waals surface area (Å²) in [6, 6.07) is 9.52. The van der Waals surface area contributed by atoms with Gasteiger partial charge in [-0.3, -0.25) is 9.69 Å². The molecule has 0 spiro atoms. The predicted octanol–water partition coefficient (Wildman–Crippen LogP) is 6.40. The fourth-order valence-electron chi connectivity index (χ4n) is 5.93. The average molecular weight is 536 g/mol. The fraction of sp³-hybridized carbons (Fsp3) is 0.414. The van der Waals surface area contributed by atoms with Crippen molar-refractivity contribution in [1.29, 1.82) is 5.26 Å². The molecule has 192 valence electrons. The van der Waals surface area contributed by atoms with Crippen molar-refractivity contribution < 1.29 is 14.3 Å². The molecule has 2 aromatic rings. The van der Waals surface area contributed by atoms with E-state index in [4.69, 9.17) is 22.1 Å². The summed E-state index contributed by atoms with van der Waals surface area (Å²) in [6.45, 7) is 4.13. The van der Waals surface area contributed by atoms with Crippen LogP contribution in [-0.2, 0) is 22.4 Å². The standard InChI is InChI=1S/C29H30ClN3O3S/c1-29(2)13-20-25(21(34)14-29)23(16-9-11-17(30)12-10-16)19(15-31)26(32)33(20)27-24(28(35)36-3)18-7-5-4-6-8-22(18)37-27/h9-12,23H,4-8,13-14,32H2,1-3H3/t23-/m0/s1. The number of ether oxygens (including phenoxy) is 1. The molecule has 1 atom stereocenters. The topological polar surface area (TPSA) is 96.4 Å². The van der Waals surface area contributed by atoms with Crippen molar-refractivity contribution in [3.63, 3.8) is 0 Å². The summed E-state index contributed by atoms with van der Waals surface area (Å²) < 4.78 is 5.24. The van der Waals surface area contributed by atoms with E-state index in [-0.39, 0.29) is 17.0 Å². The summed E-state index contributed by atoms with van der Waals surface area (Å²) in [5.41, 5.74) is 10.5. The number of aryl methyl sites for hydroxylation is 1. The lowest BCUT2D eigenvalue weighted by atomic mass is 9.68. The first kappa shape index (κ1) is 25.6. The van der Waals surface area contributed by atoms with E-state index >= 15 is 0 Å². The maximum absolute atomic E-state index is 13.8. The molecule has 1 aliphatic heterocycles. The van der Waals surface area contributed by atoms with E-state index in [1.165, 1.54) is 18.4 Å². The molecule has 0 fully saturated rings. The van der Waals surface area contributed by atoms with E-state index < -0.39 is 11.9 Å². The smallest absolute Gasteiger partial charge is 0.341 e. The minimum absolute atomic E-state index is 0.00538. The van der Waals surface area contributed by atoms with Gasteiger partial charge in [0.1, 0.15) is 10.8 Å². The number of carbonyl (C=O) groups excluding carboxylic acids is 2. The summed E-state index contributed by atoms with van der Waals surface area (Å²) in [4.78, 5) is 30.0. The summed E-state index contributed by atoms with van der Waals surface area (Å²) in [6.07, 6.45) is 5.80. The van der Waals surface area contributed by atoms with Crippen LogP contribution in [0.5, 0.6) is 0 Å². The highest BCUT2D eigenvalue weighted by Crippen LogP contribution is 2.53. The predicted molar refractivity (Wildman–Crippen MR) is 145 cm³/mol. The minimum atomic E-state index is -0.587. The van der Waals surface area contributed by atoms with E-state index in [9.17, 15) is 14.9 Å². The number of rotatable bonds is 3. The monoisotopic (exact) mass is 535 g/mol. The van der Waals surface area contributed by atoms with Crippen LogP contribution < -0.4 is 10.6 Å². The Morgan fingerprint density at radius 1 is 1.19 bits per heavy atom. The molecule has 2 aliphatic carbocycles. The molecular weight excluding hydrogens is 506 g/mol. The maximum atomic E-state index is 13.8. The summed E-state index contributed by atoms with van der Waals surface area (Å²) in [7, 11) is 1.39. The van der Waals surface area contributed by atoms with Gasteiger partial charge >= 0.3 is 5.97 Å². The van der Waals surface area contributed by atoms with Crippen molar-refractivity contribution >= 4 is 39.7 Å². The zero-order chi connectivity index (χ0) is 26.5. The number of ketones is 1. The van der Waals surface area contributed by atoms with Gasteiger partial charge in [-0.2, -0.15) is 5.26 Å². The van der Waals surface area contributed by atoms with Gasteiger partial charge in [-0.15, -0.1) is 11.3 Å². The lowest BCUT2D eigenvalue weighted by molar-refractivity contribution is -0.118. The number of nitrogens with two attached hydrogens (primary N) is 1. The first-order chi connectivity index (χ1) is 17.7. The van der Waals surface area contributed by atoms with Crippen LogP contribution in [0.1, 0.15) is 78.2 Å². The Hall–Kier alpha value is -3.08. The molecule has 2 heterocycles. The molecule has 1 aromatic carbocycles. The third kappa shape index (κ3) is 4.36. The molecule has 2 N–H and O–H groups in total. The number of methoxy groups -OCH3 is 1. The minimum Gasteiger partial charge on any atom is -0.465 e. The Morgan fingerprint density at radius 2 is 1.89 bits per heavy atom. The number of fused-ring (bicyclic) bond motifs is 1. The van der Waals surface area contributed by atoms with Crippen LogP contribution in [0.25, 0.3) is 0 Å². The molecular formula is C29H30ClN3O3S. The summed E-state index contributed by atoms with van der Waals surface area (Å²) >= 11 is 7.68. The Labute approximate surface area is 226 Å².